The fraction of sp³-hybridized carbons (Fsp3) is 0.167. The molecule has 3 rings (SSSR count). The minimum atomic E-state index is -0.275. The van der Waals surface area contributed by atoms with Gasteiger partial charge in [0.15, 0.2) is 17.1 Å². The van der Waals surface area contributed by atoms with Crippen molar-refractivity contribution in [2.75, 3.05) is 12.4 Å². The molecule has 0 saturated carbocycles. The van der Waals surface area contributed by atoms with Crippen LogP contribution in [0.1, 0.15) is 21.7 Å². The molecule has 0 aliphatic rings. The third-order valence-electron chi connectivity index (χ3n) is 3.43. The number of para-hydroxylation sites is 1. The number of carbonyl (C=O) groups is 1. The molecule has 0 unspecified atom stereocenters. The molecule has 0 aliphatic heterocycles. The number of ether oxygens (including phenoxy) is 1. The van der Waals surface area contributed by atoms with Gasteiger partial charge in [-0.15, -0.1) is 0 Å². The summed E-state index contributed by atoms with van der Waals surface area (Å²) in [6.45, 7) is 3.99. The predicted molar refractivity (Wildman–Crippen MR) is 86.6 cm³/mol. The number of hydrogen-bond donors (Lipinski definition) is 1. The molecule has 1 aromatic heterocycles. The van der Waals surface area contributed by atoms with Crippen molar-refractivity contribution in [2.45, 2.75) is 13.8 Å². The average Bonchev–Trinajstić information content (AvgIpc) is 2.90. The molecule has 0 aliphatic carbocycles. The SMILES string of the molecule is COc1cccc2cc(C(=O)Nc3cc(C)cc(C)c3)oc12. The quantitative estimate of drug-likeness (QED) is 0.783. The molecule has 22 heavy (non-hydrogen) atoms. The van der Waals surface area contributed by atoms with Gasteiger partial charge in [-0.3, -0.25) is 4.79 Å². The van der Waals surface area contributed by atoms with E-state index in [1.54, 1.807) is 19.2 Å². The Morgan fingerprint density at radius 2 is 1.82 bits per heavy atom. The number of rotatable bonds is 3. The zero-order chi connectivity index (χ0) is 15.7. The van der Waals surface area contributed by atoms with Crippen molar-refractivity contribution in [1.82, 2.24) is 0 Å². The van der Waals surface area contributed by atoms with Crippen LogP contribution in [0.5, 0.6) is 5.75 Å². The van der Waals surface area contributed by atoms with Crippen LogP contribution in [0.2, 0.25) is 0 Å². The lowest BCUT2D eigenvalue weighted by atomic mass is 10.1. The summed E-state index contributed by atoms with van der Waals surface area (Å²) in [5.41, 5.74) is 3.54. The topological polar surface area (TPSA) is 51.5 Å². The second-order valence-corrected chi connectivity index (χ2v) is 5.32. The normalized spacial score (nSPS) is 10.7. The molecule has 1 amide bonds. The third-order valence-corrected chi connectivity index (χ3v) is 3.43. The fourth-order valence-electron chi connectivity index (χ4n) is 2.55. The maximum atomic E-state index is 12.4. The number of benzene rings is 2. The van der Waals surface area contributed by atoms with Crippen molar-refractivity contribution in [2.24, 2.45) is 0 Å². The summed E-state index contributed by atoms with van der Waals surface area (Å²) in [6, 6.07) is 13.2. The molecule has 1 N–H and O–H groups in total. The Labute approximate surface area is 128 Å². The lowest BCUT2D eigenvalue weighted by Crippen LogP contribution is -2.11. The Balaban J connectivity index is 1.92. The van der Waals surface area contributed by atoms with Gasteiger partial charge >= 0.3 is 0 Å². The summed E-state index contributed by atoms with van der Waals surface area (Å²) in [6.07, 6.45) is 0. The number of hydrogen-bond acceptors (Lipinski definition) is 3. The highest BCUT2D eigenvalue weighted by Crippen LogP contribution is 2.28. The van der Waals surface area contributed by atoms with Gasteiger partial charge in [0, 0.05) is 11.1 Å². The largest absolute Gasteiger partial charge is 0.493 e. The van der Waals surface area contributed by atoms with Gasteiger partial charge in [0.05, 0.1) is 7.11 Å². The number of aryl methyl sites for hydroxylation is 2. The van der Waals surface area contributed by atoms with Crippen LogP contribution in [0.25, 0.3) is 11.0 Å². The van der Waals surface area contributed by atoms with Gasteiger partial charge in [-0.1, -0.05) is 18.2 Å². The zero-order valence-electron chi connectivity index (χ0n) is 12.8. The molecule has 0 saturated heterocycles. The lowest BCUT2D eigenvalue weighted by Gasteiger charge is -2.06. The molecule has 0 radical (unpaired) electrons. The molecule has 0 spiro atoms. The summed E-state index contributed by atoms with van der Waals surface area (Å²) < 4.78 is 10.9. The van der Waals surface area contributed by atoms with E-state index in [4.69, 9.17) is 9.15 Å². The molecule has 0 fully saturated rings. The van der Waals surface area contributed by atoms with Crippen LogP contribution < -0.4 is 10.1 Å². The highest BCUT2D eigenvalue weighted by molar-refractivity contribution is 6.05. The van der Waals surface area contributed by atoms with E-state index in [1.807, 2.05) is 38.1 Å². The first kappa shape index (κ1) is 14.2. The first-order valence-corrected chi connectivity index (χ1v) is 7.03. The predicted octanol–water partition coefficient (Wildman–Crippen LogP) is 4.31. The van der Waals surface area contributed by atoms with Gasteiger partial charge < -0.3 is 14.5 Å². The monoisotopic (exact) mass is 295 g/mol. The van der Waals surface area contributed by atoms with Gasteiger partial charge in [-0.05, 0) is 49.2 Å². The van der Waals surface area contributed by atoms with Crippen LogP contribution in [0, 0.1) is 13.8 Å². The zero-order valence-corrected chi connectivity index (χ0v) is 12.8. The molecule has 4 heteroatoms. The van der Waals surface area contributed by atoms with Crippen molar-refractivity contribution in [3.8, 4) is 5.75 Å². The minimum Gasteiger partial charge on any atom is -0.493 e. The Bertz CT molecular complexity index is 828. The number of nitrogens with one attached hydrogen (secondary N) is 1. The summed E-state index contributed by atoms with van der Waals surface area (Å²) >= 11 is 0. The number of carbonyl (C=O) groups excluding carboxylic acids is 1. The van der Waals surface area contributed by atoms with Gasteiger partial charge in [0.25, 0.3) is 5.91 Å². The Hall–Kier alpha value is -2.75. The third kappa shape index (κ3) is 2.68. The first-order chi connectivity index (χ1) is 10.6. The van der Waals surface area contributed by atoms with E-state index in [1.165, 1.54) is 0 Å². The summed E-state index contributed by atoms with van der Waals surface area (Å²) in [5, 5.41) is 3.70. The molecule has 1 heterocycles. The van der Waals surface area contributed by atoms with Crippen LogP contribution in [-0.2, 0) is 0 Å². The number of amides is 1. The van der Waals surface area contributed by atoms with Crippen LogP contribution >= 0.6 is 0 Å². The standard InChI is InChI=1S/C18H17NO3/c1-11-7-12(2)9-14(8-11)19-18(20)16-10-13-5-4-6-15(21-3)17(13)22-16/h4-10H,1-3H3,(H,19,20). The average molecular weight is 295 g/mol. The van der Waals surface area contributed by atoms with E-state index >= 15 is 0 Å². The second-order valence-electron chi connectivity index (χ2n) is 5.32. The van der Waals surface area contributed by atoms with Crippen LogP contribution in [-0.4, -0.2) is 13.0 Å². The second kappa shape index (κ2) is 5.56. The van der Waals surface area contributed by atoms with Crippen LogP contribution in [0.15, 0.2) is 46.9 Å². The number of anilines is 1. The Morgan fingerprint density at radius 1 is 1.09 bits per heavy atom. The molecule has 2 aromatic carbocycles. The fourth-order valence-corrected chi connectivity index (χ4v) is 2.55. The van der Waals surface area contributed by atoms with Crippen LogP contribution in [0.4, 0.5) is 5.69 Å². The lowest BCUT2D eigenvalue weighted by molar-refractivity contribution is 0.0998. The highest BCUT2D eigenvalue weighted by Gasteiger charge is 2.15. The van der Waals surface area contributed by atoms with Gasteiger partial charge in [-0.2, -0.15) is 0 Å². The van der Waals surface area contributed by atoms with Crippen molar-refractivity contribution < 1.29 is 13.9 Å². The smallest absolute Gasteiger partial charge is 0.291 e. The Morgan fingerprint density at radius 3 is 2.50 bits per heavy atom. The van der Waals surface area contributed by atoms with E-state index in [0.717, 1.165) is 22.2 Å². The van der Waals surface area contributed by atoms with E-state index < -0.39 is 0 Å². The molecule has 3 aromatic rings. The number of furan rings is 1. The summed E-state index contributed by atoms with van der Waals surface area (Å²) in [7, 11) is 1.58. The van der Waals surface area contributed by atoms with E-state index in [2.05, 4.69) is 11.4 Å². The maximum absolute atomic E-state index is 12.4. The van der Waals surface area contributed by atoms with Crippen molar-refractivity contribution in [3.63, 3.8) is 0 Å². The van der Waals surface area contributed by atoms with E-state index in [0.29, 0.717) is 11.3 Å². The summed E-state index contributed by atoms with van der Waals surface area (Å²) in [5.74, 6) is 0.602. The summed E-state index contributed by atoms with van der Waals surface area (Å²) in [4.78, 5) is 12.4. The molecule has 4 nitrogen and oxygen atoms in total. The van der Waals surface area contributed by atoms with E-state index in [-0.39, 0.29) is 11.7 Å². The molecule has 112 valence electrons. The Kier molecular flexibility index (Phi) is 3.59. The van der Waals surface area contributed by atoms with Crippen molar-refractivity contribution in [3.05, 3.63) is 59.4 Å². The first-order valence-electron chi connectivity index (χ1n) is 7.03. The molecule has 0 atom stereocenters. The van der Waals surface area contributed by atoms with Crippen molar-refractivity contribution >= 4 is 22.6 Å². The number of fused-ring (bicyclic) bond motifs is 1. The van der Waals surface area contributed by atoms with Gasteiger partial charge in [0.2, 0.25) is 0 Å². The maximum Gasteiger partial charge on any atom is 0.291 e. The minimum absolute atomic E-state index is 0.263. The van der Waals surface area contributed by atoms with Gasteiger partial charge in [0.1, 0.15) is 0 Å². The van der Waals surface area contributed by atoms with Crippen LogP contribution in [0.3, 0.4) is 0 Å². The van der Waals surface area contributed by atoms with Crippen molar-refractivity contribution in [1.29, 1.82) is 0 Å². The van der Waals surface area contributed by atoms with Gasteiger partial charge in [-0.25, -0.2) is 0 Å². The number of methoxy groups -OCH3 is 1. The molecule has 0 bridgehead atoms. The van der Waals surface area contributed by atoms with E-state index in [9.17, 15) is 4.79 Å². The molecular weight excluding hydrogens is 278 g/mol. The molecular formula is C18H17NO3. The highest BCUT2D eigenvalue weighted by atomic mass is 16.5.